The summed E-state index contributed by atoms with van der Waals surface area (Å²) in [5, 5.41) is 2.77. The maximum atomic E-state index is 12.1. The van der Waals surface area contributed by atoms with Crippen molar-refractivity contribution in [2.75, 3.05) is 11.1 Å². The third-order valence-electron chi connectivity index (χ3n) is 2.28. The van der Waals surface area contributed by atoms with E-state index < -0.39 is 0 Å². The van der Waals surface area contributed by atoms with Gasteiger partial charge in [0.1, 0.15) is 0 Å². The van der Waals surface area contributed by atoms with E-state index in [9.17, 15) is 4.79 Å². The zero-order valence-corrected chi connectivity index (χ0v) is 12.3. The monoisotopic (exact) mass is 369 g/mol. The van der Waals surface area contributed by atoms with E-state index in [4.69, 9.17) is 5.73 Å². The van der Waals surface area contributed by atoms with Gasteiger partial charge in [-0.3, -0.25) is 9.78 Å². The van der Waals surface area contributed by atoms with Crippen LogP contribution in [0.25, 0.3) is 0 Å². The van der Waals surface area contributed by atoms with Crippen LogP contribution in [0.1, 0.15) is 10.4 Å². The highest BCUT2D eigenvalue weighted by molar-refractivity contribution is 9.10. The fraction of sp³-hybridized carbons (Fsp3) is 0. The fourth-order valence-corrected chi connectivity index (χ4v) is 2.13. The first-order valence-electron chi connectivity index (χ1n) is 5.04. The number of rotatable bonds is 2. The number of hydrogen-bond acceptors (Lipinski definition) is 3. The molecule has 0 saturated carbocycles. The summed E-state index contributed by atoms with van der Waals surface area (Å²) in [6.45, 7) is 0. The Balaban J connectivity index is 2.25. The second-order valence-electron chi connectivity index (χ2n) is 3.54. The van der Waals surface area contributed by atoms with Crippen LogP contribution < -0.4 is 11.1 Å². The molecule has 4 nitrogen and oxygen atoms in total. The quantitative estimate of drug-likeness (QED) is 0.795. The number of carbonyl (C=O) groups is 1. The molecule has 0 spiro atoms. The minimum Gasteiger partial charge on any atom is -0.398 e. The Morgan fingerprint density at radius 3 is 2.72 bits per heavy atom. The van der Waals surface area contributed by atoms with Crippen molar-refractivity contribution in [2.24, 2.45) is 0 Å². The first kappa shape index (κ1) is 13.0. The highest BCUT2D eigenvalue weighted by atomic mass is 79.9. The number of hydrogen-bond donors (Lipinski definition) is 2. The normalized spacial score (nSPS) is 10.1. The lowest BCUT2D eigenvalue weighted by molar-refractivity contribution is 0.102. The number of anilines is 2. The maximum Gasteiger partial charge on any atom is 0.257 e. The molecule has 1 aromatic heterocycles. The maximum absolute atomic E-state index is 12.1. The molecular weight excluding hydrogens is 362 g/mol. The number of aromatic nitrogens is 1. The molecule has 0 bridgehead atoms. The minimum absolute atomic E-state index is 0.257. The molecule has 6 heteroatoms. The summed E-state index contributed by atoms with van der Waals surface area (Å²) in [7, 11) is 0. The van der Waals surface area contributed by atoms with Gasteiger partial charge in [-0.15, -0.1) is 0 Å². The van der Waals surface area contributed by atoms with Crippen molar-refractivity contribution in [3.8, 4) is 0 Å². The predicted molar refractivity (Wildman–Crippen MR) is 78.4 cm³/mol. The highest BCUT2D eigenvalue weighted by Gasteiger charge is 2.11. The van der Waals surface area contributed by atoms with Crippen molar-refractivity contribution in [1.29, 1.82) is 0 Å². The molecule has 0 aliphatic carbocycles. The van der Waals surface area contributed by atoms with E-state index in [1.807, 2.05) is 0 Å². The number of nitrogens with one attached hydrogen (secondary N) is 1. The molecule has 0 saturated heterocycles. The second-order valence-corrected chi connectivity index (χ2v) is 5.31. The predicted octanol–water partition coefficient (Wildman–Crippen LogP) is 3.44. The summed E-state index contributed by atoms with van der Waals surface area (Å²) < 4.78 is 1.55. The zero-order chi connectivity index (χ0) is 13.1. The van der Waals surface area contributed by atoms with Gasteiger partial charge in [-0.25, -0.2) is 0 Å². The summed E-state index contributed by atoms with van der Waals surface area (Å²) in [6.07, 6.45) is 3.21. The van der Waals surface area contributed by atoms with Gasteiger partial charge in [0.2, 0.25) is 0 Å². The molecule has 2 rings (SSSR count). The number of nitrogen functional groups attached to an aromatic ring is 1. The average molecular weight is 371 g/mol. The number of benzene rings is 1. The van der Waals surface area contributed by atoms with Crippen LogP contribution in [-0.4, -0.2) is 10.9 Å². The topological polar surface area (TPSA) is 68.0 Å². The molecule has 92 valence electrons. The lowest BCUT2D eigenvalue weighted by Crippen LogP contribution is -2.14. The van der Waals surface area contributed by atoms with E-state index in [0.29, 0.717) is 21.4 Å². The molecule has 0 atom stereocenters. The molecule has 1 amide bonds. The molecule has 0 unspecified atom stereocenters. The smallest absolute Gasteiger partial charge is 0.257 e. The Morgan fingerprint density at radius 2 is 2.06 bits per heavy atom. The summed E-state index contributed by atoms with van der Waals surface area (Å²) in [5.41, 5.74) is 7.30. The van der Waals surface area contributed by atoms with Crippen LogP contribution in [0.15, 0.2) is 45.6 Å². The van der Waals surface area contributed by atoms with Crippen LogP contribution in [-0.2, 0) is 0 Å². The molecule has 1 aromatic carbocycles. The van der Waals surface area contributed by atoms with Crippen molar-refractivity contribution in [3.63, 3.8) is 0 Å². The molecule has 1 heterocycles. The Hall–Kier alpha value is -1.40. The molecule has 0 aliphatic rings. The molecular formula is C12H9Br2N3O. The zero-order valence-electron chi connectivity index (χ0n) is 9.15. The SMILES string of the molecule is Nc1cc(Br)ccc1C(=O)Nc1ccncc1Br. The molecule has 0 aliphatic heterocycles. The van der Waals surface area contributed by atoms with E-state index in [-0.39, 0.29) is 5.91 Å². The van der Waals surface area contributed by atoms with Gasteiger partial charge in [0, 0.05) is 22.6 Å². The number of amides is 1. The number of halogens is 2. The molecule has 2 aromatic rings. The first-order valence-corrected chi connectivity index (χ1v) is 6.62. The third kappa shape index (κ3) is 2.88. The van der Waals surface area contributed by atoms with Crippen molar-refractivity contribution < 1.29 is 4.79 Å². The number of nitrogens with zero attached hydrogens (tertiary/aromatic N) is 1. The van der Waals surface area contributed by atoms with Crippen LogP contribution >= 0.6 is 31.9 Å². The summed E-state index contributed by atoms with van der Waals surface area (Å²) in [5.74, 6) is -0.257. The summed E-state index contributed by atoms with van der Waals surface area (Å²) in [6, 6.07) is 6.84. The second kappa shape index (κ2) is 5.49. The Morgan fingerprint density at radius 1 is 1.28 bits per heavy atom. The Kier molecular flexibility index (Phi) is 3.98. The van der Waals surface area contributed by atoms with E-state index in [2.05, 4.69) is 42.2 Å². The fourth-order valence-electron chi connectivity index (χ4n) is 1.41. The van der Waals surface area contributed by atoms with Gasteiger partial charge in [-0.1, -0.05) is 15.9 Å². The average Bonchev–Trinajstić information content (AvgIpc) is 2.32. The van der Waals surface area contributed by atoms with Gasteiger partial charge in [-0.2, -0.15) is 0 Å². The standard InChI is InChI=1S/C12H9Br2N3O/c13-7-1-2-8(10(15)5-7)12(18)17-11-3-4-16-6-9(11)14/h1-6H,15H2,(H,16,17,18). The lowest BCUT2D eigenvalue weighted by Gasteiger charge is -2.08. The van der Waals surface area contributed by atoms with Gasteiger partial charge < -0.3 is 11.1 Å². The van der Waals surface area contributed by atoms with Gasteiger partial charge in [0.15, 0.2) is 0 Å². The minimum atomic E-state index is -0.257. The van der Waals surface area contributed by atoms with Gasteiger partial charge >= 0.3 is 0 Å². The van der Waals surface area contributed by atoms with Crippen molar-refractivity contribution >= 4 is 49.1 Å². The number of nitrogens with two attached hydrogens (primary N) is 1. The Labute approximate surface area is 121 Å². The van der Waals surface area contributed by atoms with Crippen LogP contribution in [0.3, 0.4) is 0 Å². The van der Waals surface area contributed by atoms with E-state index >= 15 is 0 Å². The summed E-state index contributed by atoms with van der Waals surface area (Å²) >= 11 is 6.61. The van der Waals surface area contributed by atoms with Crippen LogP contribution in [0.4, 0.5) is 11.4 Å². The number of pyridine rings is 1. The third-order valence-corrected chi connectivity index (χ3v) is 3.40. The van der Waals surface area contributed by atoms with E-state index in [1.54, 1.807) is 36.7 Å². The first-order chi connectivity index (χ1) is 8.58. The van der Waals surface area contributed by atoms with Crippen LogP contribution in [0.2, 0.25) is 0 Å². The van der Waals surface area contributed by atoms with Gasteiger partial charge in [0.05, 0.1) is 15.7 Å². The van der Waals surface area contributed by atoms with Crippen molar-refractivity contribution in [2.45, 2.75) is 0 Å². The van der Waals surface area contributed by atoms with Crippen LogP contribution in [0, 0.1) is 0 Å². The lowest BCUT2D eigenvalue weighted by atomic mass is 10.1. The molecule has 0 fully saturated rings. The largest absolute Gasteiger partial charge is 0.398 e. The van der Waals surface area contributed by atoms with E-state index in [1.165, 1.54) is 0 Å². The van der Waals surface area contributed by atoms with Crippen molar-refractivity contribution in [3.05, 3.63) is 51.2 Å². The van der Waals surface area contributed by atoms with Gasteiger partial charge in [-0.05, 0) is 40.2 Å². The molecule has 0 radical (unpaired) electrons. The van der Waals surface area contributed by atoms with Crippen LogP contribution in [0.5, 0.6) is 0 Å². The number of carbonyl (C=O) groups excluding carboxylic acids is 1. The highest BCUT2D eigenvalue weighted by Crippen LogP contribution is 2.23. The Bertz CT molecular complexity index is 602. The summed E-state index contributed by atoms with van der Waals surface area (Å²) in [4.78, 5) is 16.0. The molecule has 18 heavy (non-hydrogen) atoms. The van der Waals surface area contributed by atoms with Crippen molar-refractivity contribution in [1.82, 2.24) is 4.98 Å². The van der Waals surface area contributed by atoms with Gasteiger partial charge in [0.25, 0.3) is 5.91 Å². The van der Waals surface area contributed by atoms with E-state index in [0.717, 1.165) is 4.47 Å². The molecule has 3 N–H and O–H groups in total.